The first kappa shape index (κ1) is 25.4. The molecule has 1 aliphatic rings. The van der Waals surface area contributed by atoms with E-state index in [1.165, 1.54) is 6.07 Å². The molecule has 9 heteroatoms. The molecule has 1 fully saturated rings. The minimum absolute atomic E-state index is 0.00165. The quantitative estimate of drug-likeness (QED) is 0.182. The van der Waals surface area contributed by atoms with Crippen LogP contribution in [0.25, 0.3) is 5.69 Å². The zero-order chi connectivity index (χ0) is 27.1. The Kier molecular flexibility index (Phi) is 6.62. The Morgan fingerprint density at radius 3 is 2.39 bits per heavy atom. The van der Waals surface area contributed by atoms with Gasteiger partial charge >= 0.3 is 0 Å². The van der Waals surface area contributed by atoms with Gasteiger partial charge in [0.2, 0.25) is 0 Å². The maximum Gasteiger partial charge on any atom is 0.271 e. The van der Waals surface area contributed by atoms with Crippen LogP contribution in [0.5, 0.6) is 5.75 Å². The number of methoxy groups -OCH3 is 1. The van der Waals surface area contributed by atoms with Crippen LogP contribution in [-0.4, -0.2) is 26.7 Å². The number of hydrogen-bond acceptors (Lipinski definition) is 5. The van der Waals surface area contributed by atoms with Gasteiger partial charge in [-0.15, -0.1) is 0 Å². The SMILES string of the molecule is COc1ccc([N+](=O)[O-])cc1-n1c(C)cc([C@@H]2[C@H](c3ccccn3)NC(=S)N2c2cc(C)cc(C)c2)c1C. The number of nitro groups is 1. The van der Waals surface area contributed by atoms with Gasteiger partial charge in [-0.2, -0.15) is 0 Å². The number of ether oxygens (including phenoxy) is 1. The van der Waals surface area contributed by atoms with E-state index in [-0.39, 0.29) is 17.8 Å². The van der Waals surface area contributed by atoms with E-state index >= 15 is 0 Å². The zero-order valence-corrected chi connectivity index (χ0v) is 22.7. The molecule has 1 N–H and O–H groups in total. The molecule has 0 spiro atoms. The summed E-state index contributed by atoms with van der Waals surface area (Å²) < 4.78 is 7.62. The largest absolute Gasteiger partial charge is 0.495 e. The molecular formula is C29H29N5O3S. The van der Waals surface area contributed by atoms with E-state index in [1.807, 2.05) is 36.6 Å². The average molecular weight is 528 g/mol. The number of anilines is 1. The summed E-state index contributed by atoms with van der Waals surface area (Å²) in [4.78, 5) is 18.0. The van der Waals surface area contributed by atoms with Crippen molar-refractivity contribution in [3.63, 3.8) is 0 Å². The lowest BCUT2D eigenvalue weighted by Gasteiger charge is -2.29. The van der Waals surface area contributed by atoms with Crippen molar-refractivity contribution < 1.29 is 9.66 Å². The Balaban J connectivity index is 1.72. The molecule has 8 nitrogen and oxygen atoms in total. The van der Waals surface area contributed by atoms with Gasteiger partial charge in [-0.25, -0.2) is 0 Å². The molecule has 0 unspecified atom stereocenters. The fourth-order valence-electron chi connectivity index (χ4n) is 5.46. The summed E-state index contributed by atoms with van der Waals surface area (Å²) >= 11 is 5.91. The standard InChI is InChI=1S/C29H29N5O3S/c1-17-12-18(2)14-22(13-17)33-28(27(31-29(33)38)24-8-6-7-11-30-24)23-15-19(3)32(20(23)4)25-16-21(34(35)36)9-10-26(25)37-5/h6-16,27-28H,1-5H3,(H,31,38)/t27-,28+/m0/s1. The maximum absolute atomic E-state index is 11.6. The lowest BCUT2D eigenvalue weighted by Crippen LogP contribution is -2.29. The lowest BCUT2D eigenvalue weighted by molar-refractivity contribution is -0.384. The minimum atomic E-state index is -0.393. The molecule has 2 atom stereocenters. The van der Waals surface area contributed by atoms with Crippen LogP contribution in [-0.2, 0) is 0 Å². The molecule has 2 aromatic heterocycles. The first-order valence-electron chi connectivity index (χ1n) is 12.3. The van der Waals surface area contributed by atoms with E-state index in [9.17, 15) is 10.1 Å². The third-order valence-electron chi connectivity index (χ3n) is 6.99. The van der Waals surface area contributed by atoms with E-state index < -0.39 is 4.92 Å². The molecular weight excluding hydrogens is 498 g/mol. The molecule has 38 heavy (non-hydrogen) atoms. The van der Waals surface area contributed by atoms with Crippen molar-refractivity contribution in [1.29, 1.82) is 0 Å². The molecule has 1 aliphatic heterocycles. The second-order valence-corrected chi connectivity index (χ2v) is 10.0. The fraction of sp³-hybridized carbons (Fsp3) is 0.241. The number of hydrogen-bond donors (Lipinski definition) is 1. The molecule has 0 saturated carbocycles. The van der Waals surface area contributed by atoms with Crippen molar-refractivity contribution in [2.45, 2.75) is 39.8 Å². The van der Waals surface area contributed by atoms with Crippen molar-refractivity contribution in [2.24, 2.45) is 0 Å². The molecule has 4 aromatic rings. The number of nitrogens with zero attached hydrogens (tertiary/aromatic N) is 4. The first-order valence-corrected chi connectivity index (χ1v) is 12.7. The molecule has 5 rings (SSSR count). The topological polar surface area (TPSA) is 85.5 Å². The summed E-state index contributed by atoms with van der Waals surface area (Å²) in [5.74, 6) is 0.552. The van der Waals surface area contributed by atoms with Crippen LogP contribution in [0, 0.1) is 37.8 Å². The molecule has 3 heterocycles. The number of rotatable bonds is 6. The highest BCUT2D eigenvalue weighted by atomic mass is 32.1. The summed E-state index contributed by atoms with van der Waals surface area (Å²) in [6, 6.07) is 18.6. The van der Waals surface area contributed by atoms with Crippen molar-refractivity contribution in [2.75, 3.05) is 12.0 Å². The number of thiocarbonyl (C=S) groups is 1. The Labute approximate surface area is 227 Å². The van der Waals surface area contributed by atoms with Crippen LogP contribution < -0.4 is 15.0 Å². The minimum Gasteiger partial charge on any atom is -0.495 e. The summed E-state index contributed by atoms with van der Waals surface area (Å²) in [6.45, 7) is 8.17. The second kappa shape index (κ2) is 9.90. The number of benzene rings is 2. The van der Waals surface area contributed by atoms with Gasteiger partial charge in [0.1, 0.15) is 5.75 Å². The highest BCUT2D eigenvalue weighted by molar-refractivity contribution is 7.80. The highest BCUT2D eigenvalue weighted by Crippen LogP contribution is 2.44. The highest BCUT2D eigenvalue weighted by Gasteiger charge is 2.42. The number of pyridine rings is 1. The third-order valence-corrected chi connectivity index (χ3v) is 7.30. The fourth-order valence-corrected chi connectivity index (χ4v) is 5.81. The van der Waals surface area contributed by atoms with Crippen LogP contribution in [0.4, 0.5) is 11.4 Å². The van der Waals surface area contributed by atoms with Crippen LogP contribution in [0.15, 0.2) is 66.9 Å². The number of aryl methyl sites for hydroxylation is 3. The predicted molar refractivity (Wildman–Crippen MR) is 152 cm³/mol. The van der Waals surface area contributed by atoms with Gasteiger partial charge < -0.3 is 19.5 Å². The molecule has 0 amide bonds. The van der Waals surface area contributed by atoms with Gasteiger partial charge in [-0.1, -0.05) is 12.1 Å². The van der Waals surface area contributed by atoms with Crippen molar-refractivity contribution in [3.8, 4) is 11.4 Å². The smallest absolute Gasteiger partial charge is 0.271 e. The molecule has 0 aliphatic carbocycles. The normalized spacial score (nSPS) is 17.0. The van der Waals surface area contributed by atoms with Crippen LogP contribution in [0.1, 0.15) is 45.9 Å². The summed E-state index contributed by atoms with van der Waals surface area (Å²) in [7, 11) is 1.57. The van der Waals surface area contributed by atoms with Crippen LogP contribution in [0.2, 0.25) is 0 Å². The average Bonchev–Trinajstić information content (AvgIpc) is 3.38. The maximum atomic E-state index is 11.6. The number of nitro benzene ring substituents is 1. The van der Waals surface area contributed by atoms with Crippen LogP contribution >= 0.6 is 12.2 Å². The first-order chi connectivity index (χ1) is 18.2. The van der Waals surface area contributed by atoms with Gasteiger partial charge in [0.25, 0.3) is 5.69 Å². The summed E-state index contributed by atoms with van der Waals surface area (Å²) in [6.07, 6.45) is 1.79. The molecule has 0 bridgehead atoms. The van der Waals surface area contributed by atoms with E-state index in [4.69, 9.17) is 17.0 Å². The monoisotopic (exact) mass is 527 g/mol. The Hall–Kier alpha value is -4.24. The molecule has 0 radical (unpaired) electrons. The van der Waals surface area contributed by atoms with E-state index in [1.54, 1.807) is 25.4 Å². The summed E-state index contributed by atoms with van der Waals surface area (Å²) in [5, 5.41) is 15.7. The Morgan fingerprint density at radius 2 is 1.76 bits per heavy atom. The van der Waals surface area contributed by atoms with Crippen molar-refractivity contribution >= 4 is 28.7 Å². The van der Waals surface area contributed by atoms with E-state index in [2.05, 4.69) is 53.3 Å². The predicted octanol–water partition coefficient (Wildman–Crippen LogP) is 6.20. The lowest BCUT2D eigenvalue weighted by atomic mass is 9.96. The molecule has 1 saturated heterocycles. The van der Waals surface area contributed by atoms with Gasteiger partial charge in [0.15, 0.2) is 5.11 Å². The number of nitrogens with one attached hydrogen (secondary N) is 1. The molecule has 194 valence electrons. The van der Waals surface area contributed by atoms with Gasteiger partial charge in [-0.3, -0.25) is 15.1 Å². The Bertz CT molecular complexity index is 1530. The van der Waals surface area contributed by atoms with Gasteiger partial charge in [0.05, 0.1) is 35.5 Å². The third kappa shape index (κ3) is 4.39. The van der Waals surface area contributed by atoms with E-state index in [0.29, 0.717) is 16.5 Å². The van der Waals surface area contributed by atoms with Gasteiger partial charge in [0, 0.05) is 35.4 Å². The number of aromatic nitrogens is 2. The summed E-state index contributed by atoms with van der Waals surface area (Å²) in [5.41, 5.74) is 7.70. The number of non-ortho nitro benzene ring substituents is 1. The van der Waals surface area contributed by atoms with E-state index in [0.717, 1.165) is 39.5 Å². The second-order valence-electron chi connectivity index (χ2n) is 9.62. The van der Waals surface area contributed by atoms with Crippen molar-refractivity contribution in [3.05, 3.63) is 111 Å². The Morgan fingerprint density at radius 1 is 1.03 bits per heavy atom. The van der Waals surface area contributed by atoms with Gasteiger partial charge in [-0.05, 0) is 93.0 Å². The van der Waals surface area contributed by atoms with Crippen molar-refractivity contribution in [1.82, 2.24) is 14.9 Å². The zero-order valence-electron chi connectivity index (χ0n) is 21.9. The van der Waals surface area contributed by atoms with Crippen LogP contribution in [0.3, 0.4) is 0 Å². The molecule has 2 aromatic carbocycles.